The normalized spacial score (nSPS) is 17.8. The van der Waals surface area contributed by atoms with E-state index in [9.17, 15) is 14.9 Å². The maximum absolute atomic E-state index is 12.1. The van der Waals surface area contributed by atoms with Gasteiger partial charge in [-0.25, -0.2) is 0 Å². The van der Waals surface area contributed by atoms with Gasteiger partial charge in [0.1, 0.15) is 0 Å². The zero-order valence-electron chi connectivity index (χ0n) is 11.7. The van der Waals surface area contributed by atoms with E-state index >= 15 is 0 Å². The molecule has 1 aromatic carbocycles. The molecule has 1 atom stereocenters. The zero-order chi connectivity index (χ0) is 15.2. The van der Waals surface area contributed by atoms with Crippen LogP contribution in [0.3, 0.4) is 0 Å². The number of nitro benzene ring substituents is 1. The topological polar surface area (TPSA) is 98.7 Å². The Bertz CT molecular complexity index is 521. The molecule has 1 aromatic rings. The zero-order valence-corrected chi connectivity index (χ0v) is 11.7. The number of ether oxygens (including phenoxy) is 1. The fourth-order valence-corrected chi connectivity index (χ4v) is 2.53. The summed E-state index contributed by atoms with van der Waals surface area (Å²) in [5.41, 5.74) is 5.54. The lowest BCUT2D eigenvalue weighted by molar-refractivity contribution is -0.385. The monoisotopic (exact) mass is 293 g/mol. The Balaban J connectivity index is 1.87. The van der Waals surface area contributed by atoms with Crippen LogP contribution >= 0.6 is 0 Å². The van der Waals surface area contributed by atoms with Crippen LogP contribution in [0.25, 0.3) is 0 Å². The van der Waals surface area contributed by atoms with Gasteiger partial charge in [-0.05, 0) is 18.9 Å². The lowest BCUT2D eigenvalue weighted by atomic mass is 10.2. The van der Waals surface area contributed by atoms with Crippen LogP contribution in [0.1, 0.15) is 19.3 Å². The molecule has 1 fully saturated rings. The quantitative estimate of drug-likeness (QED) is 0.630. The molecule has 0 aromatic heterocycles. The lowest BCUT2D eigenvalue weighted by Crippen LogP contribution is -2.40. The third-order valence-electron chi connectivity index (χ3n) is 3.61. The second-order valence-electron chi connectivity index (χ2n) is 4.94. The molecule has 2 N–H and O–H groups in total. The minimum absolute atomic E-state index is 0.0125. The molecule has 1 heterocycles. The van der Waals surface area contributed by atoms with Gasteiger partial charge in [0.05, 0.1) is 18.0 Å². The van der Waals surface area contributed by atoms with Crippen molar-refractivity contribution in [1.82, 2.24) is 4.90 Å². The number of para-hydroxylation sites is 2. The molecular formula is C14H19N3O4. The molecule has 0 bridgehead atoms. The van der Waals surface area contributed by atoms with E-state index in [0.717, 1.165) is 19.4 Å². The first-order valence-electron chi connectivity index (χ1n) is 6.99. The second-order valence-corrected chi connectivity index (χ2v) is 4.94. The van der Waals surface area contributed by atoms with Gasteiger partial charge >= 0.3 is 5.69 Å². The summed E-state index contributed by atoms with van der Waals surface area (Å²) in [4.78, 5) is 24.2. The third kappa shape index (κ3) is 3.69. The molecule has 1 amide bonds. The minimum atomic E-state index is -0.498. The van der Waals surface area contributed by atoms with Crippen molar-refractivity contribution in [3.63, 3.8) is 0 Å². The van der Waals surface area contributed by atoms with E-state index < -0.39 is 4.92 Å². The summed E-state index contributed by atoms with van der Waals surface area (Å²) in [6.45, 7) is 1.32. The average Bonchev–Trinajstić information content (AvgIpc) is 2.96. The summed E-state index contributed by atoms with van der Waals surface area (Å²) in [7, 11) is 0. The number of nitrogens with two attached hydrogens (primary N) is 1. The van der Waals surface area contributed by atoms with Crippen molar-refractivity contribution < 1.29 is 14.5 Å². The molecule has 21 heavy (non-hydrogen) atoms. The predicted molar refractivity (Wildman–Crippen MR) is 77.0 cm³/mol. The third-order valence-corrected chi connectivity index (χ3v) is 3.61. The number of nitrogens with zero attached hydrogens (tertiary/aromatic N) is 2. The summed E-state index contributed by atoms with van der Waals surface area (Å²) < 4.78 is 5.38. The Morgan fingerprint density at radius 2 is 2.24 bits per heavy atom. The predicted octanol–water partition coefficient (Wildman–Crippen LogP) is 1.31. The Morgan fingerprint density at radius 1 is 1.48 bits per heavy atom. The van der Waals surface area contributed by atoms with Crippen LogP contribution < -0.4 is 10.5 Å². The first kappa shape index (κ1) is 15.2. The van der Waals surface area contributed by atoms with Gasteiger partial charge in [-0.2, -0.15) is 0 Å². The standard InChI is InChI=1S/C14H19N3O4/c15-10-11-4-3-8-16(11)14(18)7-9-21-13-6-2-1-5-12(13)17(19)20/h1-2,5-6,11H,3-4,7-10,15H2. The molecule has 2 rings (SSSR count). The van der Waals surface area contributed by atoms with Gasteiger partial charge in [0.2, 0.25) is 5.91 Å². The van der Waals surface area contributed by atoms with E-state index in [0.29, 0.717) is 6.54 Å². The first-order valence-corrected chi connectivity index (χ1v) is 6.99. The Hall–Kier alpha value is -2.15. The average molecular weight is 293 g/mol. The Labute approximate surface area is 122 Å². The number of hydrogen-bond acceptors (Lipinski definition) is 5. The molecule has 0 saturated carbocycles. The van der Waals surface area contributed by atoms with Gasteiger partial charge in [-0.15, -0.1) is 0 Å². The van der Waals surface area contributed by atoms with Gasteiger partial charge in [0.25, 0.3) is 0 Å². The van der Waals surface area contributed by atoms with E-state index in [-0.39, 0.29) is 36.4 Å². The van der Waals surface area contributed by atoms with E-state index in [1.807, 2.05) is 0 Å². The van der Waals surface area contributed by atoms with Gasteiger partial charge in [0.15, 0.2) is 5.75 Å². The molecule has 7 nitrogen and oxygen atoms in total. The highest BCUT2D eigenvalue weighted by molar-refractivity contribution is 5.77. The number of rotatable bonds is 6. The number of amides is 1. The van der Waals surface area contributed by atoms with Crippen LogP contribution in [0.15, 0.2) is 24.3 Å². The van der Waals surface area contributed by atoms with Crippen LogP contribution in [0.5, 0.6) is 5.75 Å². The van der Waals surface area contributed by atoms with Crippen molar-refractivity contribution in [3.8, 4) is 5.75 Å². The maximum atomic E-state index is 12.1. The highest BCUT2D eigenvalue weighted by atomic mass is 16.6. The van der Waals surface area contributed by atoms with Crippen LogP contribution in [0.4, 0.5) is 5.69 Å². The summed E-state index contributed by atoms with van der Waals surface area (Å²) in [5, 5.41) is 10.8. The van der Waals surface area contributed by atoms with Crippen molar-refractivity contribution in [2.75, 3.05) is 19.7 Å². The SMILES string of the molecule is NCC1CCCN1C(=O)CCOc1ccccc1[N+](=O)[O-]. The summed E-state index contributed by atoms with van der Waals surface area (Å²) in [6, 6.07) is 6.26. The molecule has 0 aliphatic carbocycles. The molecule has 7 heteroatoms. The molecule has 114 valence electrons. The number of carbonyl (C=O) groups is 1. The Kier molecular flexibility index (Phi) is 5.10. The number of nitro groups is 1. The Morgan fingerprint density at radius 3 is 2.95 bits per heavy atom. The fourth-order valence-electron chi connectivity index (χ4n) is 2.53. The number of hydrogen-bond donors (Lipinski definition) is 1. The van der Waals surface area contributed by atoms with Crippen molar-refractivity contribution in [1.29, 1.82) is 0 Å². The summed E-state index contributed by atoms with van der Waals surface area (Å²) in [6.07, 6.45) is 2.11. The molecular weight excluding hydrogens is 274 g/mol. The first-order chi connectivity index (χ1) is 10.1. The van der Waals surface area contributed by atoms with Crippen LogP contribution in [0.2, 0.25) is 0 Å². The van der Waals surface area contributed by atoms with Crippen molar-refractivity contribution >= 4 is 11.6 Å². The highest BCUT2D eigenvalue weighted by Crippen LogP contribution is 2.26. The van der Waals surface area contributed by atoms with Gasteiger partial charge in [0, 0.05) is 25.2 Å². The molecule has 0 spiro atoms. The highest BCUT2D eigenvalue weighted by Gasteiger charge is 2.27. The molecule has 1 aliphatic rings. The van der Waals surface area contributed by atoms with Crippen molar-refractivity contribution in [2.24, 2.45) is 5.73 Å². The molecule has 0 radical (unpaired) electrons. The van der Waals surface area contributed by atoms with Crippen molar-refractivity contribution in [3.05, 3.63) is 34.4 Å². The van der Waals surface area contributed by atoms with Gasteiger partial charge in [-0.3, -0.25) is 14.9 Å². The van der Waals surface area contributed by atoms with Crippen LogP contribution in [-0.4, -0.2) is 41.5 Å². The maximum Gasteiger partial charge on any atom is 0.310 e. The summed E-state index contributed by atoms with van der Waals surface area (Å²) >= 11 is 0. The smallest absolute Gasteiger partial charge is 0.310 e. The summed E-state index contributed by atoms with van der Waals surface area (Å²) in [5.74, 6) is 0.175. The van der Waals surface area contributed by atoms with E-state index in [1.165, 1.54) is 12.1 Å². The van der Waals surface area contributed by atoms with E-state index in [4.69, 9.17) is 10.5 Å². The van der Waals surface area contributed by atoms with E-state index in [2.05, 4.69) is 0 Å². The second kappa shape index (κ2) is 7.03. The molecule has 1 unspecified atom stereocenters. The number of likely N-dealkylation sites (tertiary alicyclic amines) is 1. The lowest BCUT2D eigenvalue weighted by Gasteiger charge is -2.23. The number of benzene rings is 1. The van der Waals surface area contributed by atoms with Crippen LogP contribution in [0, 0.1) is 10.1 Å². The molecule has 1 saturated heterocycles. The largest absolute Gasteiger partial charge is 0.486 e. The minimum Gasteiger partial charge on any atom is -0.486 e. The van der Waals surface area contributed by atoms with Gasteiger partial charge in [-0.1, -0.05) is 12.1 Å². The molecule has 1 aliphatic heterocycles. The van der Waals surface area contributed by atoms with E-state index in [1.54, 1.807) is 17.0 Å². The van der Waals surface area contributed by atoms with Crippen molar-refractivity contribution in [2.45, 2.75) is 25.3 Å². The number of carbonyl (C=O) groups excluding carboxylic acids is 1. The van der Waals surface area contributed by atoms with Crippen LogP contribution in [-0.2, 0) is 4.79 Å². The van der Waals surface area contributed by atoms with Gasteiger partial charge < -0.3 is 15.4 Å². The fraction of sp³-hybridized carbons (Fsp3) is 0.500.